The summed E-state index contributed by atoms with van der Waals surface area (Å²) < 4.78 is 26.2. The van der Waals surface area contributed by atoms with Gasteiger partial charge >= 0.3 is 5.97 Å². The smallest absolute Gasteiger partial charge is 0.328 e. The molecule has 1 saturated carbocycles. The maximum absolute atomic E-state index is 13.5. The second kappa shape index (κ2) is 10.6. The third kappa shape index (κ3) is 5.18. The molecule has 1 atom stereocenters. The van der Waals surface area contributed by atoms with Crippen LogP contribution < -0.4 is 14.9 Å². The van der Waals surface area contributed by atoms with Gasteiger partial charge in [-0.15, -0.1) is 0 Å². The summed E-state index contributed by atoms with van der Waals surface area (Å²) in [6.45, 7) is 1.57. The fourth-order valence-electron chi connectivity index (χ4n) is 4.14. The molecule has 2 N–H and O–H groups in total. The zero-order chi connectivity index (χ0) is 26.0. The number of ether oxygens (including phenoxy) is 1. The van der Waals surface area contributed by atoms with Crippen molar-refractivity contribution in [2.45, 2.75) is 31.7 Å². The van der Waals surface area contributed by atoms with Gasteiger partial charge in [-0.2, -0.15) is 0 Å². The Morgan fingerprint density at radius 2 is 1.92 bits per heavy atom. The fourth-order valence-corrected chi connectivity index (χ4v) is 4.74. The van der Waals surface area contributed by atoms with Crippen molar-refractivity contribution in [1.29, 1.82) is 0 Å². The molecular formula is C26H28FN3O5S. The lowest BCUT2D eigenvalue weighted by Gasteiger charge is -2.24. The van der Waals surface area contributed by atoms with Gasteiger partial charge in [0.05, 0.1) is 18.4 Å². The van der Waals surface area contributed by atoms with Crippen LogP contribution in [0.5, 0.6) is 0 Å². The Balaban J connectivity index is 1.77. The molecule has 4 rings (SSSR count). The van der Waals surface area contributed by atoms with E-state index in [4.69, 9.17) is 4.42 Å². The maximum atomic E-state index is 13.5. The molecule has 2 aromatic carbocycles. The number of rotatable bonds is 9. The number of benzene rings is 2. The van der Waals surface area contributed by atoms with Gasteiger partial charge < -0.3 is 24.1 Å². The summed E-state index contributed by atoms with van der Waals surface area (Å²) in [6.07, 6.45) is 3.87. The molecule has 3 aromatic rings. The van der Waals surface area contributed by atoms with Gasteiger partial charge in [-0.25, -0.2) is 9.18 Å². The second-order valence-corrected chi connectivity index (χ2v) is 9.41. The topological polar surface area (TPSA) is 101 Å². The molecule has 0 saturated heterocycles. The van der Waals surface area contributed by atoms with E-state index in [0.29, 0.717) is 33.8 Å². The summed E-state index contributed by atoms with van der Waals surface area (Å²) in [5.74, 6) is -0.890. The van der Waals surface area contributed by atoms with Crippen LogP contribution in [0.1, 0.15) is 41.6 Å². The van der Waals surface area contributed by atoms with Crippen molar-refractivity contribution < 1.29 is 27.9 Å². The Morgan fingerprint density at radius 1 is 1.22 bits per heavy atom. The molecule has 1 aliphatic carbocycles. The van der Waals surface area contributed by atoms with Crippen LogP contribution >= 0.6 is 11.9 Å². The molecule has 0 bridgehead atoms. The summed E-state index contributed by atoms with van der Waals surface area (Å²) >= 11 is 1.37. The number of nitrogens with one attached hydrogen (secondary N) is 2. The molecule has 1 aliphatic rings. The minimum atomic E-state index is -0.768. The van der Waals surface area contributed by atoms with Gasteiger partial charge in [-0.05, 0) is 61.6 Å². The van der Waals surface area contributed by atoms with Crippen molar-refractivity contribution in [2.24, 2.45) is 0 Å². The maximum Gasteiger partial charge on any atom is 0.328 e. The summed E-state index contributed by atoms with van der Waals surface area (Å²) in [4.78, 5) is 37.3. The Kier molecular flexibility index (Phi) is 7.53. The normalized spacial score (nSPS) is 13.8. The first-order valence-electron chi connectivity index (χ1n) is 11.5. The van der Waals surface area contributed by atoms with Gasteiger partial charge in [0.1, 0.15) is 29.7 Å². The molecule has 1 unspecified atom stereocenters. The van der Waals surface area contributed by atoms with E-state index in [0.717, 1.165) is 24.1 Å². The lowest BCUT2D eigenvalue weighted by Crippen LogP contribution is -2.43. The molecule has 1 heterocycles. The summed E-state index contributed by atoms with van der Waals surface area (Å²) in [7, 11) is 2.82. The van der Waals surface area contributed by atoms with Crippen LogP contribution in [0.15, 0.2) is 40.8 Å². The van der Waals surface area contributed by atoms with Gasteiger partial charge in [0.2, 0.25) is 5.91 Å². The molecule has 36 heavy (non-hydrogen) atoms. The largest absolute Gasteiger partial charge is 0.467 e. The van der Waals surface area contributed by atoms with Crippen molar-refractivity contribution in [3.8, 4) is 11.3 Å². The molecule has 0 spiro atoms. The minimum absolute atomic E-state index is 0.00155. The lowest BCUT2D eigenvalue weighted by molar-refractivity contribution is -0.144. The van der Waals surface area contributed by atoms with E-state index in [1.807, 2.05) is 22.7 Å². The van der Waals surface area contributed by atoms with Crippen LogP contribution in [0.2, 0.25) is 0 Å². The van der Waals surface area contributed by atoms with Crippen LogP contribution in [0.25, 0.3) is 22.3 Å². The number of esters is 1. The highest BCUT2D eigenvalue weighted by atomic mass is 32.2. The van der Waals surface area contributed by atoms with Gasteiger partial charge in [-0.1, -0.05) is 11.9 Å². The quantitative estimate of drug-likeness (QED) is 0.326. The highest BCUT2D eigenvalue weighted by Crippen LogP contribution is 2.48. The standard InChI is InChI=1S/C26H28FN3O5S/c1-14(26(33)34-3)29-22(31)13-30(36-4)20-12-21-19(11-18(20)15-5-6-15)23(25(32)28-2)24(35-21)16-7-9-17(27)10-8-16/h7-12,14-15H,5-6,13H2,1-4H3,(H,28,32)(H,29,31). The van der Waals surface area contributed by atoms with Crippen molar-refractivity contribution in [1.82, 2.24) is 10.6 Å². The number of hydrogen-bond donors (Lipinski definition) is 2. The van der Waals surface area contributed by atoms with Gasteiger partial charge in [0.25, 0.3) is 5.91 Å². The number of hydrogen-bond acceptors (Lipinski definition) is 7. The molecule has 1 fully saturated rings. The third-order valence-corrected chi connectivity index (χ3v) is 6.89. The van der Waals surface area contributed by atoms with Crippen molar-refractivity contribution in [2.75, 3.05) is 31.3 Å². The van der Waals surface area contributed by atoms with E-state index < -0.39 is 12.0 Å². The lowest BCUT2D eigenvalue weighted by atomic mass is 10.0. The molecule has 2 amide bonds. The van der Waals surface area contributed by atoms with Crippen molar-refractivity contribution in [3.63, 3.8) is 0 Å². The second-order valence-electron chi connectivity index (χ2n) is 8.61. The number of methoxy groups -OCH3 is 1. The molecular weight excluding hydrogens is 485 g/mol. The van der Waals surface area contributed by atoms with Crippen LogP contribution in [0, 0.1) is 5.82 Å². The zero-order valence-electron chi connectivity index (χ0n) is 20.5. The minimum Gasteiger partial charge on any atom is -0.467 e. The highest BCUT2D eigenvalue weighted by Gasteiger charge is 2.32. The van der Waals surface area contributed by atoms with E-state index in [9.17, 15) is 18.8 Å². The average Bonchev–Trinajstić information content (AvgIpc) is 3.66. The molecule has 1 aromatic heterocycles. The molecule has 0 radical (unpaired) electrons. The van der Waals surface area contributed by atoms with Crippen molar-refractivity contribution >= 4 is 46.4 Å². The van der Waals surface area contributed by atoms with Crippen LogP contribution in [-0.2, 0) is 14.3 Å². The Bertz CT molecular complexity index is 1300. The summed E-state index contributed by atoms with van der Waals surface area (Å²) in [5, 5.41) is 5.98. The summed E-state index contributed by atoms with van der Waals surface area (Å²) in [5.41, 5.74) is 3.27. The highest BCUT2D eigenvalue weighted by molar-refractivity contribution is 8.00. The Labute approximate surface area is 212 Å². The molecule has 0 aliphatic heterocycles. The number of furan rings is 1. The number of nitrogens with zero attached hydrogens (tertiary/aromatic N) is 1. The van der Waals surface area contributed by atoms with Crippen LogP contribution in [0.4, 0.5) is 10.1 Å². The molecule has 8 nitrogen and oxygen atoms in total. The van der Waals surface area contributed by atoms with Crippen molar-refractivity contribution in [3.05, 3.63) is 53.3 Å². The number of anilines is 1. The first kappa shape index (κ1) is 25.6. The van der Waals surface area contributed by atoms with E-state index in [-0.39, 0.29) is 24.2 Å². The van der Waals surface area contributed by atoms with Gasteiger partial charge in [0, 0.05) is 30.3 Å². The number of fused-ring (bicyclic) bond motifs is 1. The number of halogens is 1. The fraction of sp³-hybridized carbons (Fsp3) is 0.346. The van der Waals surface area contributed by atoms with E-state index >= 15 is 0 Å². The van der Waals surface area contributed by atoms with Gasteiger partial charge in [-0.3, -0.25) is 9.59 Å². The first-order valence-corrected chi connectivity index (χ1v) is 12.7. The number of carbonyl (C=O) groups is 3. The first-order chi connectivity index (χ1) is 17.3. The van der Waals surface area contributed by atoms with Crippen LogP contribution in [0.3, 0.4) is 0 Å². The summed E-state index contributed by atoms with van der Waals surface area (Å²) in [6, 6.07) is 8.82. The predicted octanol–water partition coefficient (Wildman–Crippen LogP) is 4.24. The van der Waals surface area contributed by atoms with E-state index in [1.54, 1.807) is 26.1 Å². The monoisotopic (exact) mass is 513 g/mol. The number of amides is 2. The number of carbonyl (C=O) groups excluding carboxylic acids is 3. The van der Waals surface area contributed by atoms with Crippen LogP contribution in [-0.4, -0.2) is 50.8 Å². The van der Waals surface area contributed by atoms with E-state index in [1.165, 1.54) is 31.2 Å². The molecule has 10 heteroatoms. The average molecular weight is 514 g/mol. The Hall–Kier alpha value is -3.53. The zero-order valence-corrected chi connectivity index (χ0v) is 21.3. The van der Waals surface area contributed by atoms with Gasteiger partial charge in [0.15, 0.2) is 0 Å². The Morgan fingerprint density at radius 3 is 2.50 bits per heavy atom. The third-order valence-electron chi connectivity index (χ3n) is 6.12. The van der Waals surface area contributed by atoms with E-state index in [2.05, 4.69) is 15.4 Å². The molecule has 190 valence electrons. The SMILES string of the molecule is CNC(=O)c1c(-c2ccc(F)cc2)oc2cc(N(CC(=O)NC(C)C(=O)OC)SC)c(C3CC3)cc12. The predicted molar refractivity (Wildman–Crippen MR) is 137 cm³/mol.